The quantitative estimate of drug-likeness (QED) is 0.774. The van der Waals surface area contributed by atoms with Crippen LogP contribution in [0.1, 0.15) is 13.8 Å². The first-order valence-corrected chi connectivity index (χ1v) is 7.01. The summed E-state index contributed by atoms with van der Waals surface area (Å²) in [6, 6.07) is 6.84. The van der Waals surface area contributed by atoms with Crippen LogP contribution in [0.25, 0.3) is 0 Å². The highest BCUT2D eigenvalue weighted by atomic mass is 127. The van der Waals surface area contributed by atoms with Gasteiger partial charge >= 0.3 is 6.03 Å². The van der Waals surface area contributed by atoms with Gasteiger partial charge in [-0.3, -0.25) is 10.1 Å². The second-order valence-corrected chi connectivity index (χ2v) is 5.64. The maximum Gasteiger partial charge on any atom is 0.321 e. The van der Waals surface area contributed by atoms with Crippen LogP contribution in [0, 0.1) is 9.49 Å². The molecule has 0 aliphatic rings. The van der Waals surface area contributed by atoms with Gasteiger partial charge < -0.3 is 10.1 Å². The third-order valence-electron chi connectivity index (χ3n) is 2.09. The van der Waals surface area contributed by atoms with E-state index >= 15 is 0 Å². The molecule has 0 atom stereocenters. The molecule has 0 aliphatic heterocycles. The Morgan fingerprint density at radius 1 is 1.37 bits per heavy atom. The number of carbonyl (C=O) groups is 2. The zero-order valence-electron chi connectivity index (χ0n) is 10.9. The first kappa shape index (κ1) is 15.7. The molecule has 0 heterocycles. The van der Waals surface area contributed by atoms with E-state index in [1.807, 2.05) is 32.0 Å². The van der Waals surface area contributed by atoms with Crippen LogP contribution in [-0.2, 0) is 4.79 Å². The van der Waals surface area contributed by atoms with E-state index in [1.54, 1.807) is 6.07 Å². The predicted molar refractivity (Wildman–Crippen MR) is 81.0 cm³/mol. The predicted octanol–water partition coefficient (Wildman–Crippen LogP) is 2.15. The highest BCUT2D eigenvalue weighted by Crippen LogP contribution is 2.14. The number of ether oxygens (including phenoxy) is 1. The molecule has 1 rings (SSSR count). The summed E-state index contributed by atoms with van der Waals surface area (Å²) in [7, 11) is 0. The van der Waals surface area contributed by atoms with E-state index in [0.29, 0.717) is 18.2 Å². The van der Waals surface area contributed by atoms with Crippen LogP contribution in [0.5, 0.6) is 5.75 Å². The van der Waals surface area contributed by atoms with Crippen LogP contribution in [0.2, 0.25) is 0 Å². The summed E-state index contributed by atoms with van der Waals surface area (Å²) in [5, 5.41) is 4.80. The first-order valence-electron chi connectivity index (χ1n) is 5.93. The fourth-order valence-electron chi connectivity index (χ4n) is 1.21. The van der Waals surface area contributed by atoms with Crippen molar-refractivity contribution in [1.82, 2.24) is 10.6 Å². The molecule has 104 valence electrons. The van der Waals surface area contributed by atoms with Gasteiger partial charge in [-0.2, -0.15) is 0 Å². The third-order valence-corrected chi connectivity index (χ3v) is 2.76. The normalized spacial score (nSPS) is 10.1. The van der Waals surface area contributed by atoms with Crippen molar-refractivity contribution >= 4 is 34.5 Å². The average molecular weight is 376 g/mol. The summed E-state index contributed by atoms with van der Waals surface area (Å²) in [6.07, 6.45) is 0. The molecule has 0 saturated carbocycles. The molecule has 0 aromatic heterocycles. The lowest BCUT2D eigenvalue weighted by Gasteiger charge is -2.09. The summed E-state index contributed by atoms with van der Waals surface area (Å²) in [5.74, 6) is 0.466. The summed E-state index contributed by atoms with van der Waals surface area (Å²) in [6.45, 7) is 4.29. The Morgan fingerprint density at radius 3 is 2.74 bits per heavy atom. The molecule has 1 aromatic rings. The van der Waals surface area contributed by atoms with Crippen molar-refractivity contribution in [3.05, 3.63) is 27.8 Å². The van der Waals surface area contributed by atoms with Crippen LogP contribution in [0.15, 0.2) is 24.3 Å². The molecule has 0 radical (unpaired) electrons. The maximum atomic E-state index is 11.5. The zero-order valence-corrected chi connectivity index (χ0v) is 13.1. The number of urea groups is 1. The van der Waals surface area contributed by atoms with Crippen molar-refractivity contribution in [3.63, 3.8) is 0 Å². The molecular weight excluding hydrogens is 359 g/mol. The van der Waals surface area contributed by atoms with Crippen molar-refractivity contribution in [2.45, 2.75) is 13.8 Å². The summed E-state index contributed by atoms with van der Waals surface area (Å²) in [5.41, 5.74) is 0. The van der Waals surface area contributed by atoms with Crippen LogP contribution in [0.4, 0.5) is 4.79 Å². The number of imide groups is 1. The summed E-state index contributed by atoms with van der Waals surface area (Å²) in [4.78, 5) is 22.8. The first-order chi connectivity index (χ1) is 8.97. The topological polar surface area (TPSA) is 67.4 Å². The van der Waals surface area contributed by atoms with Gasteiger partial charge in [-0.15, -0.1) is 0 Å². The van der Waals surface area contributed by atoms with Crippen LogP contribution in [0.3, 0.4) is 0 Å². The standard InChI is InChI=1S/C13H17IN2O3/c1-9(2)7-15-13(18)16-12(17)8-19-11-5-3-4-10(14)6-11/h3-6,9H,7-8H2,1-2H3,(H2,15,16,17,18). The number of rotatable bonds is 5. The number of hydrogen-bond acceptors (Lipinski definition) is 3. The van der Waals surface area contributed by atoms with E-state index in [1.165, 1.54) is 0 Å². The maximum absolute atomic E-state index is 11.5. The second kappa shape index (κ2) is 7.98. The van der Waals surface area contributed by atoms with Gasteiger partial charge in [0.05, 0.1) is 0 Å². The van der Waals surface area contributed by atoms with E-state index < -0.39 is 11.9 Å². The van der Waals surface area contributed by atoms with E-state index in [9.17, 15) is 9.59 Å². The van der Waals surface area contributed by atoms with Gasteiger partial charge in [-0.25, -0.2) is 4.79 Å². The molecule has 3 amide bonds. The van der Waals surface area contributed by atoms with E-state index in [2.05, 4.69) is 33.2 Å². The minimum absolute atomic E-state index is 0.185. The lowest BCUT2D eigenvalue weighted by atomic mass is 10.2. The van der Waals surface area contributed by atoms with Crippen LogP contribution in [-0.4, -0.2) is 25.1 Å². The molecular formula is C13H17IN2O3. The molecule has 2 N–H and O–H groups in total. The van der Waals surface area contributed by atoms with Gasteiger partial charge in [0.25, 0.3) is 5.91 Å². The smallest absolute Gasteiger partial charge is 0.321 e. The minimum Gasteiger partial charge on any atom is -0.484 e. The molecule has 6 heteroatoms. The number of carbonyl (C=O) groups excluding carboxylic acids is 2. The Balaban J connectivity index is 2.30. The summed E-state index contributed by atoms with van der Waals surface area (Å²) >= 11 is 2.15. The Bertz CT molecular complexity index is 449. The number of amides is 3. The minimum atomic E-state index is -0.495. The monoisotopic (exact) mass is 376 g/mol. The number of halogens is 1. The molecule has 0 bridgehead atoms. The lowest BCUT2D eigenvalue weighted by Crippen LogP contribution is -2.42. The Morgan fingerprint density at radius 2 is 2.11 bits per heavy atom. The number of nitrogens with one attached hydrogen (secondary N) is 2. The summed E-state index contributed by atoms with van der Waals surface area (Å²) < 4.78 is 6.30. The van der Waals surface area contributed by atoms with Crippen LogP contribution < -0.4 is 15.4 Å². The van der Waals surface area contributed by atoms with Crippen molar-refractivity contribution in [1.29, 1.82) is 0 Å². The van der Waals surface area contributed by atoms with E-state index in [4.69, 9.17) is 4.74 Å². The Hall–Kier alpha value is -1.31. The van der Waals surface area contributed by atoms with Crippen molar-refractivity contribution in [3.8, 4) is 5.75 Å². The second-order valence-electron chi connectivity index (χ2n) is 4.40. The van der Waals surface area contributed by atoms with Gasteiger partial charge in [0.15, 0.2) is 6.61 Å². The molecule has 0 saturated heterocycles. The van der Waals surface area contributed by atoms with Crippen molar-refractivity contribution in [2.75, 3.05) is 13.2 Å². The fourth-order valence-corrected chi connectivity index (χ4v) is 1.72. The number of hydrogen-bond donors (Lipinski definition) is 2. The number of benzene rings is 1. The molecule has 1 aromatic carbocycles. The van der Waals surface area contributed by atoms with E-state index in [0.717, 1.165) is 3.57 Å². The Labute approximate surface area is 126 Å². The molecule has 19 heavy (non-hydrogen) atoms. The van der Waals surface area contributed by atoms with Crippen molar-refractivity contribution < 1.29 is 14.3 Å². The third kappa shape index (κ3) is 7.00. The van der Waals surface area contributed by atoms with Crippen molar-refractivity contribution in [2.24, 2.45) is 5.92 Å². The highest BCUT2D eigenvalue weighted by molar-refractivity contribution is 14.1. The SMILES string of the molecule is CC(C)CNC(=O)NC(=O)COc1cccc(I)c1. The van der Waals surface area contributed by atoms with Crippen LogP contribution >= 0.6 is 22.6 Å². The largest absolute Gasteiger partial charge is 0.484 e. The Kier molecular flexibility index (Phi) is 6.61. The van der Waals surface area contributed by atoms with Gasteiger partial charge in [0, 0.05) is 10.1 Å². The molecule has 0 unspecified atom stereocenters. The molecule has 0 aliphatic carbocycles. The lowest BCUT2D eigenvalue weighted by molar-refractivity contribution is -0.122. The fraction of sp³-hybridized carbons (Fsp3) is 0.385. The van der Waals surface area contributed by atoms with Gasteiger partial charge in [0.1, 0.15) is 5.75 Å². The molecule has 5 nitrogen and oxygen atoms in total. The molecule has 0 fully saturated rings. The average Bonchev–Trinajstić information content (AvgIpc) is 2.34. The van der Waals surface area contributed by atoms with Gasteiger partial charge in [-0.05, 0) is 46.7 Å². The van der Waals surface area contributed by atoms with Gasteiger partial charge in [-0.1, -0.05) is 19.9 Å². The highest BCUT2D eigenvalue weighted by Gasteiger charge is 2.08. The van der Waals surface area contributed by atoms with Gasteiger partial charge in [0.2, 0.25) is 0 Å². The zero-order chi connectivity index (χ0) is 14.3. The molecule has 0 spiro atoms. The van der Waals surface area contributed by atoms with E-state index in [-0.39, 0.29) is 6.61 Å².